The molecule has 0 aliphatic rings. The van der Waals surface area contributed by atoms with Gasteiger partial charge in [0.2, 0.25) is 5.91 Å². The first-order valence-corrected chi connectivity index (χ1v) is 35.8. The Morgan fingerprint density at radius 3 is 1.16 bits per heavy atom. The second-order valence-corrected chi connectivity index (χ2v) is 25.8. The van der Waals surface area contributed by atoms with Crippen molar-refractivity contribution < 1.29 is 37.3 Å². The molecule has 9 nitrogen and oxygen atoms in total. The number of hydrogen-bond acceptors (Lipinski definition) is 6. The molecule has 0 bridgehead atoms. The number of amides is 1. The van der Waals surface area contributed by atoms with Crippen LogP contribution in [0.3, 0.4) is 0 Å². The van der Waals surface area contributed by atoms with E-state index >= 15 is 0 Å². The Morgan fingerprint density at radius 1 is 0.432 bits per heavy atom. The van der Waals surface area contributed by atoms with Gasteiger partial charge in [-0.2, -0.15) is 0 Å². The zero-order valence-electron chi connectivity index (χ0n) is 54.0. The summed E-state index contributed by atoms with van der Waals surface area (Å²) in [7, 11) is 1.48. The highest BCUT2D eigenvalue weighted by atomic mass is 31.2. The van der Waals surface area contributed by atoms with E-state index in [1.165, 1.54) is 186 Å². The number of quaternary nitrogens is 1. The molecule has 472 valence electrons. The molecule has 2 N–H and O–H groups in total. The van der Waals surface area contributed by atoms with Crippen LogP contribution in [0, 0.1) is 0 Å². The standard InChI is InChI=1S/C71H131N2O7P/c1-7-10-13-16-19-22-25-28-30-32-34-36-38-40-42-45-48-51-54-57-60-63-70(74)72-68(67-79-81(76,77)78-66-65-73(4,5)6)69(62-59-56-53-50-47-44-27-24-21-18-15-12-9-3)80-71(75)64-61-58-55-52-49-46-43-41-39-37-35-33-31-29-26-23-20-17-14-11-8-2/h19,22,28-31,34,36,40,42,59,62,68-69H,7-18,20-21,23-27,32-33,35,37-39,41,43-58,60-61,63-67H2,1-6H3,(H-,72,74,76,77)/p+1/b22-19-,30-28-,31-29+,36-34-,42-40-,62-59+. The van der Waals surface area contributed by atoms with E-state index in [1.807, 2.05) is 33.3 Å². The summed E-state index contributed by atoms with van der Waals surface area (Å²) in [6, 6.07) is -0.862. The van der Waals surface area contributed by atoms with Crippen molar-refractivity contribution in [2.24, 2.45) is 0 Å². The van der Waals surface area contributed by atoms with Crippen LogP contribution >= 0.6 is 7.82 Å². The van der Waals surface area contributed by atoms with Gasteiger partial charge in [0.05, 0.1) is 33.8 Å². The van der Waals surface area contributed by atoms with Crippen LogP contribution in [-0.2, 0) is 27.9 Å². The molecule has 10 heteroatoms. The maximum Gasteiger partial charge on any atom is 0.472 e. The van der Waals surface area contributed by atoms with Crippen LogP contribution in [0.2, 0.25) is 0 Å². The van der Waals surface area contributed by atoms with Gasteiger partial charge in [-0.3, -0.25) is 18.6 Å². The molecule has 3 atom stereocenters. The molecule has 3 unspecified atom stereocenters. The van der Waals surface area contributed by atoms with Crippen LogP contribution in [-0.4, -0.2) is 74.3 Å². The molecule has 0 aliphatic heterocycles. The molecular formula is C71H132N2O7P+. The van der Waals surface area contributed by atoms with E-state index in [0.717, 1.165) is 96.3 Å². The highest BCUT2D eigenvalue weighted by Crippen LogP contribution is 2.43. The third kappa shape index (κ3) is 61.8. The van der Waals surface area contributed by atoms with Gasteiger partial charge >= 0.3 is 13.8 Å². The van der Waals surface area contributed by atoms with Crippen molar-refractivity contribution in [2.45, 2.75) is 328 Å². The zero-order valence-corrected chi connectivity index (χ0v) is 54.9. The first-order chi connectivity index (χ1) is 39.4. The lowest BCUT2D eigenvalue weighted by atomic mass is 10.0. The molecule has 0 rings (SSSR count). The number of carbonyl (C=O) groups excluding carboxylic acids is 2. The number of ether oxygens (including phenoxy) is 1. The number of nitrogens with one attached hydrogen (secondary N) is 1. The minimum Gasteiger partial charge on any atom is -0.456 e. The van der Waals surface area contributed by atoms with Gasteiger partial charge in [0.1, 0.15) is 19.3 Å². The second-order valence-electron chi connectivity index (χ2n) is 24.3. The fraction of sp³-hybridized carbons (Fsp3) is 0.803. The third-order valence-corrected chi connectivity index (χ3v) is 16.1. The van der Waals surface area contributed by atoms with E-state index in [2.05, 4.69) is 86.8 Å². The van der Waals surface area contributed by atoms with Gasteiger partial charge in [0, 0.05) is 12.8 Å². The van der Waals surface area contributed by atoms with E-state index in [4.69, 9.17) is 13.8 Å². The Bertz CT molecular complexity index is 1620. The Hall–Kier alpha value is -2.55. The summed E-state index contributed by atoms with van der Waals surface area (Å²) in [6.45, 7) is 6.99. The largest absolute Gasteiger partial charge is 0.472 e. The van der Waals surface area contributed by atoms with Crippen LogP contribution in [0.15, 0.2) is 72.9 Å². The minimum absolute atomic E-state index is 0.0345. The van der Waals surface area contributed by atoms with Crippen molar-refractivity contribution in [3.8, 4) is 0 Å². The Balaban J connectivity index is 5.21. The maximum absolute atomic E-state index is 13.6. The molecule has 81 heavy (non-hydrogen) atoms. The lowest BCUT2D eigenvalue weighted by molar-refractivity contribution is -0.870. The molecule has 0 saturated carbocycles. The summed E-state index contributed by atoms with van der Waals surface area (Å²) in [6.07, 6.45) is 79.0. The molecule has 0 heterocycles. The molecular weight excluding hydrogens is 1020 g/mol. The predicted octanol–water partition coefficient (Wildman–Crippen LogP) is 21.6. The van der Waals surface area contributed by atoms with E-state index < -0.39 is 20.0 Å². The SMILES string of the molecule is CCCCC/C=C\C/C=C\C/C=C\C/C=C\CCCCCCCC(=O)NC(COP(=O)(O)OCC[N+](C)(C)C)C(/C=C/CCCCCCCCCCCCC)OC(=O)CCCCCCCCCCCCC/C=C/CCCCCCCC. The molecule has 0 aliphatic carbocycles. The molecule has 0 aromatic rings. The van der Waals surface area contributed by atoms with E-state index in [-0.39, 0.29) is 31.5 Å². The first kappa shape index (κ1) is 78.5. The van der Waals surface area contributed by atoms with Gasteiger partial charge in [-0.1, -0.05) is 274 Å². The van der Waals surface area contributed by atoms with Gasteiger partial charge in [-0.05, 0) is 102 Å². The molecule has 0 spiro atoms. The van der Waals surface area contributed by atoms with Crippen LogP contribution < -0.4 is 5.32 Å². The molecule has 0 radical (unpaired) electrons. The van der Waals surface area contributed by atoms with Crippen molar-refractivity contribution in [3.63, 3.8) is 0 Å². The summed E-state index contributed by atoms with van der Waals surface area (Å²) in [5.74, 6) is -0.519. The number of rotatable bonds is 62. The number of allylic oxidation sites excluding steroid dienone is 11. The molecule has 0 fully saturated rings. The summed E-state index contributed by atoms with van der Waals surface area (Å²) < 4.78 is 30.8. The number of nitrogens with zero attached hydrogens (tertiary/aromatic N) is 1. The van der Waals surface area contributed by atoms with Crippen molar-refractivity contribution >= 4 is 19.7 Å². The van der Waals surface area contributed by atoms with Gasteiger partial charge in [0.15, 0.2) is 0 Å². The highest BCUT2D eigenvalue weighted by molar-refractivity contribution is 7.47. The average Bonchev–Trinajstić information content (AvgIpc) is 3.44. The molecule has 0 aromatic carbocycles. The van der Waals surface area contributed by atoms with Crippen molar-refractivity contribution in [1.82, 2.24) is 5.32 Å². The number of likely N-dealkylation sites (N-methyl/N-ethyl adjacent to an activating group) is 1. The molecule has 0 aromatic heterocycles. The number of carbonyl (C=O) groups is 2. The summed E-state index contributed by atoms with van der Waals surface area (Å²) >= 11 is 0. The topological polar surface area (TPSA) is 111 Å². The fourth-order valence-corrected chi connectivity index (χ4v) is 10.5. The summed E-state index contributed by atoms with van der Waals surface area (Å²) in [5.41, 5.74) is 0. The van der Waals surface area contributed by atoms with Crippen molar-refractivity contribution in [3.05, 3.63) is 72.9 Å². The van der Waals surface area contributed by atoms with Crippen LogP contribution in [0.1, 0.15) is 316 Å². The second kappa shape index (κ2) is 60.6. The summed E-state index contributed by atoms with van der Waals surface area (Å²) in [5, 5.41) is 3.06. The Morgan fingerprint density at radius 2 is 0.753 bits per heavy atom. The van der Waals surface area contributed by atoms with E-state index in [1.54, 1.807) is 0 Å². The van der Waals surface area contributed by atoms with E-state index in [9.17, 15) is 19.0 Å². The number of phosphoric ester groups is 1. The van der Waals surface area contributed by atoms with Gasteiger partial charge in [-0.25, -0.2) is 4.57 Å². The van der Waals surface area contributed by atoms with Gasteiger partial charge in [0.25, 0.3) is 0 Å². The van der Waals surface area contributed by atoms with Gasteiger partial charge < -0.3 is 19.4 Å². The fourth-order valence-electron chi connectivity index (χ4n) is 9.80. The third-order valence-electron chi connectivity index (χ3n) is 15.1. The van der Waals surface area contributed by atoms with Crippen LogP contribution in [0.4, 0.5) is 0 Å². The first-order valence-electron chi connectivity index (χ1n) is 34.3. The number of phosphoric acid groups is 1. The Kier molecular flexibility index (Phi) is 58.7. The number of hydrogen-bond donors (Lipinski definition) is 2. The highest BCUT2D eigenvalue weighted by Gasteiger charge is 2.30. The van der Waals surface area contributed by atoms with E-state index in [0.29, 0.717) is 17.4 Å². The monoisotopic (exact) mass is 1160 g/mol. The lowest BCUT2D eigenvalue weighted by Gasteiger charge is -2.27. The predicted molar refractivity (Wildman–Crippen MR) is 351 cm³/mol. The maximum atomic E-state index is 13.6. The normalized spacial score (nSPS) is 14.0. The number of unbranched alkanes of at least 4 members (excludes halogenated alkanes) is 36. The Labute approximate surface area is 502 Å². The minimum atomic E-state index is -4.46. The number of esters is 1. The van der Waals surface area contributed by atoms with Crippen LogP contribution in [0.5, 0.6) is 0 Å². The molecule has 1 amide bonds. The summed E-state index contributed by atoms with van der Waals surface area (Å²) in [4.78, 5) is 37.9. The van der Waals surface area contributed by atoms with Crippen LogP contribution in [0.25, 0.3) is 0 Å². The van der Waals surface area contributed by atoms with Crippen molar-refractivity contribution in [2.75, 3.05) is 40.9 Å². The lowest BCUT2D eigenvalue weighted by Crippen LogP contribution is -2.47. The zero-order chi connectivity index (χ0) is 59.3. The van der Waals surface area contributed by atoms with Gasteiger partial charge in [-0.15, -0.1) is 0 Å². The smallest absolute Gasteiger partial charge is 0.456 e. The molecule has 0 saturated heterocycles. The average molecular weight is 1160 g/mol. The quantitative estimate of drug-likeness (QED) is 0.0205. The van der Waals surface area contributed by atoms with Crippen molar-refractivity contribution in [1.29, 1.82) is 0 Å².